The van der Waals surface area contributed by atoms with E-state index >= 15 is 0 Å². The summed E-state index contributed by atoms with van der Waals surface area (Å²) in [6.45, 7) is 0.561. The molecule has 0 aromatic rings. The summed E-state index contributed by atoms with van der Waals surface area (Å²) < 4.78 is 0. The van der Waals surface area contributed by atoms with E-state index in [-0.39, 0.29) is 24.0 Å². The molecule has 2 fully saturated rings. The number of rotatable bonds is 11. The zero-order valence-corrected chi connectivity index (χ0v) is 15.1. The smallest absolute Gasteiger partial charge is 0.320 e. The van der Waals surface area contributed by atoms with Gasteiger partial charge in [0, 0.05) is 24.0 Å². The Hall–Kier alpha value is -1.48. The van der Waals surface area contributed by atoms with Crippen LogP contribution >= 0.6 is 11.8 Å². The molecule has 142 valence electrons. The normalized spacial score (nSPS) is 25.8. The number of carboxylic acids is 1. The monoisotopic (exact) mass is 372 g/mol. The van der Waals surface area contributed by atoms with Crippen LogP contribution < -0.4 is 21.7 Å². The second kappa shape index (κ2) is 9.86. The van der Waals surface area contributed by atoms with E-state index in [0.29, 0.717) is 31.1 Å². The van der Waals surface area contributed by atoms with Gasteiger partial charge in [-0.3, -0.25) is 9.59 Å². The van der Waals surface area contributed by atoms with Gasteiger partial charge in [0.1, 0.15) is 6.04 Å². The number of nitrogens with two attached hydrogens (primary N) is 1. The minimum Gasteiger partial charge on any atom is -0.480 e. The van der Waals surface area contributed by atoms with Crippen LogP contribution in [0.2, 0.25) is 0 Å². The van der Waals surface area contributed by atoms with E-state index in [1.807, 2.05) is 11.8 Å². The van der Waals surface area contributed by atoms with Gasteiger partial charge in [-0.05, 0) is 32.1 Å². The Balaban J connectivity index is 1.46. The molecule has 0 aromatic carbocycles. The summed E-state index contributed by atoms with van der Waals surface area (Å²) in [5.74, 6) is 0.0131. The van der Waals surface area contributed by atoms with Crippen LogP contribution in [0.25, 0.3) is 0 Å². The first-order valence-electron chi connectivity index (χ1n) is 8.91. The van der Waals surface area contributed by atoms with Crippen LogP contribution in [-0.2, 0) is 9.59 Å². The number of aliphatic carboxylic acids is 1. The van der Waals surface area contributed by atoms with Crippen molar-refractivity contribution in [2.45, 2.75) is 68.3 Å². The predicted molar refractivity (Wildman–Crippen MR) is 96.4 cm³/mol. The first kappa shape index (κ1) is 19.8. The summed E-state index contributed by atoms with van der Waals surface area (Å²) in [7, 11) is 0. The summed E-state index contributed by atoms with van der Waals surface area (Å²) in [5, 5.41) is 17.9. The maximum Gasteiger partial charge on any atom is 0.320 e. The molecule has 0 radical (unpaired) electrons. The van der Waals surface area contributed by atoms with E-state index in [1.165, 1.54) is 0 Å². The fourth-order valence-electron chi connectivity index (χ4n) is 3.20. The Morgan fingerprint density at radius 2 is 2.08 bits per heavy atom. The van der Waals surface area contributed by atoms with Gasteiger partial charge in [0.25, 0.3) is 0 Å². The molecule has 0 spiro atoms. The van der Waals surface area contributed by atoms with Crippen molar-refractivity contribution >= 4 is 29.7 Å². The van der Waals surface area contributed by atoms with Crippen LogP contribution in [-0.4, -0.2) is 58.7 Å². The van der Waals surface area contributed by atoms with E-state index in [0.717, 1.165) is 31.4 Å². The number of carbonyl (C=O) groups is 3. The fourth-order valence-corrected chi connectivity index (χ4v) is 4.75. The molecule has 0 bridgehead atoms. The number of urea groups is 1. The molecule has 0 aromatic heterocycles. The number of hydrogen-bond acceptors (Lipinski definition) is 5. The Bertz CT molecular complexity index is 491. The van der Waals surface area contributed by atoms with Crippen molar-refractivity contribution in [3.63, 3.8) is 0 Å². The third kappa shape index (κ3) is 6.39. The van der Waals surface area contributed by atoms with Crippen LogP contribution in [0.3, 0.4) is 0 Å². The number of fused-ring (bicyclic) bond motifs is 1. The van der Waals surface area contributed by atoms with Crippen molar-refractivity contribution < 1.29 is 19.5 Å². The zero-order chi connectivity index (χ0) is 18.2. The van der Waals surface area contributed by atoms with Crippen molar-refractivity contribution in [3.8, 4) is 0 Å². The van der Waals surface area contributed by atoms with Crippen molar-refractivity contribution in [3.05, 3.63) is 0 Å². The van der Waals surface area contributed by atoms with E-state index < -0.39 is 12.0 Å². The Morgan fingerprint density at radius 3 is 2.84 bits per heavy atom. The predicted octanol–water partition coefficient (Wildman–Crippen LogP) is 0.411. The van der Waals surface area contributed by atoms with Gasteiger partial charge in [-0.2, -0.15) is 11.8 Å². The van der Waals surface area contributed by atoms with E-state index in [4.69, 9.17) is 10.8 Å². The van der Waals surface area contributed by atoms with Gasteiger partial charge in [-0.25, -0.2) is 4.79 Å². The lowest BCUT2D eigenvalue weighted by atomic mass is 10.0. The molecule has 2 heterocycles. The van der Waals surface area contributed by atoms with Gasteiger partial charge in [0.05, 0.1) is 12.1 Å². The molecule has 8 nitrogen and oxygen atoms in total. The number of unbranched alkanes of at least 4 members (excludes halogenated alkanes) is 2. The highest BCUT2D eigenvalue weighted by Gasteiger charge is 2.42. The Labute approximate surface area is 152 Å². The number of thioether (sulfide) groups is 1. The second-order valence-corrected chi connectivity index (χ2v) is 7.93. The molecule has 2 saturated heterocycles. The van der Waals surface area contributed by atoms with Crippen molar-refractivity contribution in [1.29, 1.82) is 0 Å². The van der Waals surface area contributed by atoms with Crippen LogP contribution in [0.15, 0.2) is 0 Å². The molecular weight excluding hydrogens is 344 g/mol. The molecule has 3 amide bonds. The van der Waals surface area contributed by atoms with Crippen LogP contribution in [0.5, 0.6) is 0 Å². The standard InChI is InChI=1S/C16H28N4O4S/c17-10(15(22)23)5-3-4-8-18-13(21)7-2-1-6-12-14-11(9-25-12)19-16(24)20-14/h10-12,14H,1-9,17H2,(H,18,21)(H,22,23)(H2,19,20,24)/t10-,11+,12-,14-/m0/s1. The Morgan fingerprint density at radius 1 is 1.28 bits per heavy atom. The Kier molecular flexibility index (Phi) is 7.83. The topological polar surface area (TPSA) is 134 Å². The van der Waals surface area contributed by atoms with Crippen molar-refractivity contribution in [2.75, 3.05) is 12.3 Å². The van der Waals surface area contributed by atoms with Crippen molar-refractivity contribution in [2.24, 2.45) is 5.73 Å². The lowest BCUT2D eigenvalue weighted by molar-refractivity contribution is -0.138. The van der Waals surface area contributed by atoms with Gasteiger partial charge >= 0.3 is 12.0 Å². The molecule has 25 heavy (non-hydrogen) atoms. The van der Waals surface area contributed by atoms with E-state index in [1.54, 1.807) is 0 Å². The number of amides is 3. The van der Waals surface area contributed by atoms with Gasteiger partial charge in [-0.1, -0.05) is 6.42 Å². The van der Waals surface area contributed by atoms with Crippen LogP contribution in [0.1, 0.15) is 44.9 Å². The first-order chi connectivity index (χ1) is 12.0. The molecule has 9 heteroatoms. The first-order valence-corrected chi connectivity index (χ1v) is 9.96. The third-order valence-electron chi connectivity index (χ3n) is 4.66. The summed E-state index contributed by atoms with van der Waals surface area (Å²) in [6.07, 6.45) is 5.18. The number of nitrogens with one attached hydrogen (secondary N) is 3. The van der Waals surface area contributed by atoms with Gasteiger partial charge in [-0.15, -0.1) is 0 Å². The number of carboxylic acid groups (broad SMARTS) is 1. The summed E-state index contributed by atoms with van der Waals surface area (Å²) >= 11 is 1.89. The lowest BCUT2D eigenvalue weighted by Gasteiger charge is -2.16. The van der Waals surface area contributed by atoms with Gasteiger partial charge in [0.2, 0.25) is 5.91 Å². The molecule has 0 aliphatic carbocycles. The number of carbonyl (C=O) groups excluding carboxylic acids is 2. The molecule has 6 N–H and O–H groups in total. The molecular formula is C16H28N4O4S. The molecule has 2 aliphatic heterocycles. The minimum atomic E-state index is -0.983. The lowest BCUT2D eigenvalue weighted by Crippen LogP contribution is -2.36. The summed E-state index contributed by atoms with van der Waals surface area (Å²) in [4.78, 5) is 33.7. The van der Waals surface area contributed by atoms with Gasteiger partial charge in [0.15, 0.2) is 0 Å². The molecule has 0 unspecified atom stereocenters. The second-order valence-electron chi connectivity index (χ2n) is 6.66. The maximum absolute atomic E-state index is 11.8. The minimum absolute atomic E-state index is 0.0373. The molecule has 2 rings (SSSR count). The summed E-state index contributed by atoms with van der Waals surface area (Å²) in [6, 6.07) is -0.406. The summed E-state index contributed by atoms with van der Waals surface area (Å²) in [5.41, 5.74) is 5.42. The van der Waals surface area contributed by atoms with Crippen LogP contribution in [0, 0.1) is 0 Å². The molecule has 0 saturated carbocycles. The van der Waals surface area contributed by atoms with Gasteiger partial charge < -0.3 is 26.8 Å². The average molecular weight is 372 g/mol. The molecule has 4 atom stereocenters. The quantitative estimate of drug-likeness (QED) is 0.263. The fraction of sp³-hybridized carbons (Fsp3) is 0.812. The maximum atomic E-state index is 11.8. The highest BCUT2D eigenvalue weighted by molar-refractivity contribution is 8.00. The van der Waals surface area contributed by atoms with E-state index in [9.17, 15) is 14.4 Å². The molecule has 2 aliphatic rings. The largest absolute Gasteiger partial charge is 0.480 e. The van der Waals surface area contributed by atoms with E-state index in [2.05, 4.69) is 16.0 Å². The SMILES string of the molecule is N[C@@H](CCCCNC(=O)CCCC[C@@H]1SC[C@H]2NC(=O)N[C@H]12)C(=O)O. The van der Waals surface area contributed by atoms with Crippen molar-refractivity contribution in [1.82, 2.24) is 16.0 Å². The zero-order valence-electron chi connectivity index (χ0n) is 14.3. The average Bonchev–Trinajstić information content (AvgIpc) is 3.10. The van der Waals surface area contributed by atoms with Crippen LogP contribution in [0.4, 0.5) is 4.79 Å². The highest BCUT2D eigenvalue weighted by atomic mass is 32.2. The highest BCUT2D eigenvalue weighted by Crippen LogP contribution is 2.33. The number of hydrogen-bond donors (Lipinski definition) is 5. The third-order valence-corrected chi connectivity index (χ3v) is 6.17.